The van der Waals surface area contributed by atoms with Crippen LogP contribution in [0.2, 0.25) is 0 Å². The molecule has 0 aromatic heterocycles. The molecule has 0 heterocycles. The minimum atomic E-state index is 0. The summed E-state index contributed by atoms with van der Waals surface area (Å²) in [6, 6.07) is 9.31. The van der Waals surface area contributed by atoms with Crippen LogP contribution < -0.4 is 0 Å². The molecule has 0 nitrogen and oxygen atoms in total. The van der Waals surface area contributed by atoms with Crippen molar-refractivity contribution in [1.29, 1.82) is 0 Å². The van der Waals surface area contributed by atoms with Crippen LogP contribution in [0.4, 0.5) is 0 Å². The number of hydrogen-bond donors (Lipinski definition) is 0. The zero-order chi connectivity index (χ0) is 5.98. The average molecular weight is 230 g/mol. The first-order chi connectivity index (χ1) is 3.79. The first-order valence-corrected chi connectivity index (χ1v) is 2.74. The van der Waals surface area contributed by atoms with E-state index in [1.807, 2.05) is 32.0 Å². The van der Waals surface area contributed by atoms with Gasteiger partial charge < -0.3 is 0 Å². The molecule has 1 rings (SSSR count). The molecular formula is C8H15Sn. The molecule has 0 amide bonds. The van der Waals surface area contributed by atoms with Gasteiger partial charge >= 0.3 is 0 Å². The molecule has 1 heteroatoms. The van der Waals surface area contributed by atoms with Crippen LogP contribution in [0.15, 0.2) is 18.2 Å². The maximum atomic E-state index is 3.17. The monoisotopic (exact) mass is 231 g/mol. The van der Waals surface area contributed by atoms with Crippen LogP contribution in [0.3, 0.4) is 0 Å². The zero-order valence-corrected chi connectivity index (χ0v) is 8.59. The van der Waals surface area contributed by atoms with Crippen LogP contribution >= 0.6 is 0 Å². The summed E-state index contributed by atoms with van der Waals surface area (Å²) >= 11 is 0. The predicted octanol–water partition coefficient (Wildman–Crippen LogP) is 2.46. The summed E-state index contributed by atoms with van der Waals surface area (Å²) in [7, 11) is 0. The van der Waals surface area contributed by atoms with Gasteiger partial charge in [-0.15, -0.1) is 0 Å². The first-order valence-electron chi connectivity index (χ1n) is 2.74. The summed E-state index contributed by atoms with van der Waals surface area (Å²) < 4.78 is 0. The van der Waals surface area contributed by atoms with Crippen molar-refractivity contribution in [2.45, 2.75) is 13.8 Å². The van der Waals surface area contributed by atoms with Crippen molar-refractivity contribution in [3.05, 3.63) is 35.4 Å². The summed E-state index contributed by atoms with van der Waals surface area (Å²) in [6.45, 7) is 4.10. The molecule has 5 radical (unpaired) electrons. The fourth-order valence-electron chi connectivity index (χ4n) is 0.731. The number of hydrogen-bond acceptors (Lipinski definition) is 0. The van der Waals surface area contributed by atoms with Gasteiger partial charge in [-0.3, -0.25) is 0 Å². The van der Waals surface area contributed by atoms with Gasteiger partial charge in [-0.2, -0.15) is 0 Å². The van der Waals surface area contributed by atoms with E-state index in [-0.39, 0.29) is 28.2 Å². The molecule has 51 valence electrons. The van der Waals surface area contributed by atoms with Crippen molar-refractivity contribution in [3.63, 3.8) is 0 Å². The third-order valence-electron chi connectivity index (χ3n) is 1.09. The average Bonchev–Trinajstić information content (AvgIpc) is 1.64. The quantitative estimate of drug-likeness (QED) is 0.600. The van der Waals surface area contributed by atoms with Gasteiger partial charge in [0.2, 0.25) is 0 Å². The van der Waals surface area contributed by atoms with E-state index >= 15 is 0 Å². The Morgan fingerprint density at radius 1 is 1.22 bits per heavy atom. The Morgan fingerprint density at radius 2 is 1.67 bits per heavy atom. The van der Waals surface area contributed by atoms with Crippen LogP contribution in [0.1, 0.15) is 15.4 Å². The normalized spacial score (nSPS) is 8.22. The molecule has 0 atom stereocenters. The molecule has 0 saturated carbocycles. The van der Waals surface area contributed by atoms with Crippen molar-refractivity contribution in [2.75, 3.05) is 0 Å². The Bertz CT molecular complexity index is 174. The summed E-state index contributed by atoms with van der Waals surface area (Å²) in [5, 5.41) is 0. The SMILES string of the molecule is Cc1[c]c(C)ccc1.[HH].[HH].[HH].[Sn]. The molecule has 0 aliphatic rings. The van der Waals surface area contributed by atoms with E-state index in [2.05, 4.69) is 6.07 Å². The van der Waals surface area contributed by atoms with Crippen molar-refractivity contribution in [3.8, 4) is 0 Å². The Balaban J connectivity index is -0.0000000800. The van der Waals surface area contributed by atoms with E-state index in [1.54, 1.807) is 0 Å². The summed E-state index contributed by atoms with van der Waals surface area (Å²) in [5.74, 6) is 0. The van der Waals surface area contributed by atoms with Crippen molar-refractivity contribution < 1.29 is 4.28 Å². The number of aryl methyl sites for hydroxylation is 2. The van der Waals surface area contributed by atoms with Crippen molar-refractivity contribution in [1.82, 2.24) is 0 Å². The molecule has 0 spiro atoms. The minimum absolute atomic E-state index is 0. The summed E-state index contributed by atoms with van der Waals surface area (Å²) in [6.07, 6.45) is 0. The molecule has 1 aromatic carbocycles. The van der Waals surface area contributed by atoms with Crippen LogP contribution in [0.25, 0.3) is 0 Å². The van der Waals surface area contributed by atoms with E-state index in [0.29, 0.717) is 0 Å². The van der Waals surface area contributed by atoms with E-state index in [1.165, 1.54) is 11.1 Å². The van der Waals surface area contributed by atoms with Gasteiger partial charge in [0.25, 0.3) is 0 Å². The number of rotatable bonds is 0. The molecule has 0 fully saturated rings. The molecule has 1 aromatic rings. The van der Waals surface area contributed by atoms with Crippen molar-refractivity contribution in [2.24, 2.45) is 0 Å². The number of benzene rings is 1. The minimum Gasteiger partial charge on any atom is -0.0617 e. The van der Waals surface area contributed by atoms with Gasteiger partial charge in [-0.25, -0.2) is 0 Å². The maximum Gasteiger partial charge on any atom is 0 e. The second kappa shape index (κ2) is 3.94. The van der Waals surface area contributed by atoms with Crippen molar-refractivity contribution >= 4 is 23.9 Å². The Kier molecular flexibility index (Phi) is 3.94. The molecule has 0 aliphatic carbocycles. The maximum absolute atomic E-state index is 3.17. The Hall–Kier alpha value is 0.0187. The van der Waals surface area contributed by atoms with E-state index in [4.69, 9.17) is 0 Å². The van der Waals surface area contributed by atoms with E-state index < -0.39 is 0 Å². The van der Waals surface area contributed by atoms with Gasteiger partial charge in [0.1, 0.15) is 0 Å². The molecular weight excluding hydrogens is 215 g/mol. The zero-order valence-electron chi connectivity index (χ0n) is 5.73. The Morgan fingerprint density at radius 3 is 1.89 bits per heavy atom. The van der Waals surface area contributed by atoms with Gasteiger partial charge in [0.05, 0.1) is 0 Å². The standard InChI is InChI=1S/C8H9.Sn.3H2/c1-7-4-3-5-8(2)6-7;;;;/h3-5H,1-2H3;;3*1H. The van der Waals surface area contributed by atoms with Gasteiger partial charge in [0.15, 0.2) is 0 Å². The molecule has 0 saturated heterocycles. The van der Waals surface area contributed by atoms with Gasteiger partial charge in [-0.05, 0) is 31.0 Å². The van der Waals surface area contributed by atoms with Gasteiger partial charge in [-0.1, -0.05) is 18.2 Å². The fourth-order valence-corrected chi connectivity index (χ4v) is 0.731. The summed E-state index contributed by atoms with van der Waals surface area (Å²) in [5.41, 5.74) is 2.43. The van der Waals surface area contributed by atoms with Crippen LogP contribution in [-0.2, 0) is 0 Å². The first kappa shape index (κ1) is 9.02. The molecule has 0 bridgehead atoms. The molecule has 0 aliphatic heterocycles. The van der Waals surface area contributed by atoms with Crippen LogP contribution in [0.5, 0.6) is 0 Å². The fraction of sp³-hybridized carbons (Fsp3) is 0.250. The van der Waals surface area contributed by atoms with E-state index in [9.17, 15) is 0 Å². The van der Waals surface area contributed by atoms with E-state index in [0.717, 1.165) is 0 Å². The van der Waals surface area contributed by atoms with Crippen LogP contribution in [0, 0.1) is 19.9 Å². The second-order valence-corrected chi connectivity index (χ2v) is 2.02. The summed E-state index contributed by atoms with van der Waals surface area (Å²) in [4.78, 5) is 0. The third kappa shape index (κ3) is 2.89. The molecule has 0 unspecified atom stereocenters. The Labute approximate surface area is 77.7 Å². The van der Waals surface area contributed by atoms with Gasteiger partial charge in [0, 0.05) is 28.2 Å². The molecule has 0 N–H and O–H groups in total. The largest absolute Gasteiger partial charge is 0.0617 e. The third-order valence-corrected chi connectivity index (χ3v) is 1.09. The molecule has 9 heavy (non-hydrogen) atoms. The second-order valence-electron chi connectivity index (χ2n) is 2.02. The topological polar surface area (TPSA) is 0 Å². The van der Waals surface area contributed by atoms with Crippen LogP contribution in [-0.4, -0.2) is 23.9 Å². The predicted molar refractivity (Wildman–Crippen MR) is 46.8 cm³/mol. The smallest absolute Gasteiger partial charge is 0 e.